The van der Waals surface area contributed by atoms with Gasteiger partial charge in [0.25, 0.3) is 0 Å². The quantitative estimate of drug-likeness (QED) is 0.0470. The number of aliphatic carboxylic acids is 1. The maximum absolute atomic E-state index is 13.8. The van der Waals surface area contributed by atoms with Crippen molar-refractivity contribution >= 4 is 29.6 Å². The minimum atomic E-state index is -1.34. The molecule has 10 nitrogen and oxygen atoms in total. The second kappa shape index (κ2) is 24.9. The summed E-state index contributed by atoms with van der Waals surface area (Å²) < 4.78 is 16.0. The number of nitrogens with one attached hydrogen (secondary N) is 1. The number of carboxylic acid groups (broad SMARTS) is 1. The molecule has 0 unspecified atom stereocenters. The van der Waals surface area contributed by atoms with E-state index in [1.54, 1.807) is 58.0 Å². The van der Waals surface area contributed by atoms with Crippen LogP contribution in [0, 0.1) is 23.7 Å². The minimum absolute atomic E-state index is 0.0846. The van der Waals surface area contributed by atoms with E-state index in [0.717, 1.165) is 38.5 Å². The van der Waals surface area contributed by atoms with Crippen molar-refractivity contribution in [2.24, 2.45) is 11.8 Å². The number of carbonyl (C=O) groups excluding carboxylic acids is 4. The van der Waals surface area contributed by atoms with E-state index in [4.69, 9.17) is 14.2 Å². The first kappa shape index (κ1) is 43.9. The fourth-order valence-electron chi connectivity index (χ4n) is 5.31. The Labute approximate surface area is 299 Å². The molecular formula is C40H59NO9. The third-order valence-electron chi connectivity index (χ3n) is 7.97. The highest BCUT2D eigenvalue weighted by Gasteiger charge is 2.38. The van der Waals surface area contributed by atoms with Crippen LogP contribution in [0.5, 0.6) is 5.75 Å². The second-order valence-corrected chi connectivity index (χ2v) is 13.5. The van der Waals surface area contributed by atoms with Gasteiger partial charge < -0.3 is 24.6 Å². The molecule has 0 heterocycles. The SMILES string of the molecule is CC#CCOc1ccc(C[C@H](NC(=O)[C@@H](C=CCCCCCCC(=O)CCCCCCC)[C@@H](CC(=O)O)C(=O)OC(C)(C)C)C(=O)OC)cc1. The van der Waals surface area contributed by atoms with Gasteiger partial charge in [0.2, 0.25) is 5.91 Å². The number of hydrogen-bond donors (Lipinski definition) is 2. The number of ketones is 1. The number of methoxy groups -OCH3 is 1. The number of benzene rings is 1. The summed E-state index contributed by atoms with van der Waals surface area (Å²) in [7, 11) is 1.21. The molecule has 0 saturated heterocycles. The van der Waals surface area contributed by atoms with Gasteiger partial charge in [-0.25, -0.2) is 4.79 Å². The molecular weight excluding hydrogens is 638 g/mol. The molecule has 50 heavy (non-hydrogen) atoms. The molecule has 2 N–H and O–H groups in total. The Kier molecular flexibility index (Phi) is 21.9. The third-order valence-corrected chi connectivity index (χ3v) is 7.97. The molecule has 0 bridgehead atoms. The van der Waals surface area contributed by atoms with E-state index in [9.17, 15) is 29.1 Å². The molecule has 10 heteroatoms. The van der Waals surface area contributed by atoms with Crippen LogP contribution < -0.4 is 10.1 Å². The predicted octanol–water partition coefficient (Wildman–Crippen LogP) is 7.16. The Morgan fingerprint density at radius 3 is 2.08 bits per heavy atom. The minimum Gasteiger partial charge on any atom is -0.481 e. The summed E-state index contributed by atoms with van der Waals surface area (Å²) in [6, 6.07) is 5.86. The van der Waals surface area contributed by atoms with E-state index < -0.39 is 53.7 Å². The summed E-state index contributed by atoms with van der Waals surface area (Å²) in [5.74, 6) is 0.444. The molecule has 0 radical (unpaired) electrons. The molecule has 0 fully saturated rings. The van der Waals surface area contributed by atoms with Gasteiger partial charge in [-0.2, -0.15) is 0 Å². The molecule has 0 aliphatic carbocycles. The summed E-state index contributed by atoms with van der Waals surface area (Å²) in [5.41, 5.74) is -0.202. The Bertz CT molecular complexity index is 1280. The number of rotatable bonds is 25. The Morgan fingerprint density at radius 1 is 0.900 bits per heavy atom. The van der Waals surface area contributed by atoms with E-state index in [2.05, 4.69) is 24.1 Å². The zero-order valence-electron chi connectivity index (χ0n) is 31.0. The lowest BCUT2D eigenvalue weighted by molar-refractivity contribution is -0.165. The molecule has 1 aromatic carbocycles. The normalized spacial score (nSPS) is 13.0. The van der Waals surface area contributed by atoms with Gasteiger partial charge in [0.1, 0.15) is 29.8 Å². The van der Waals surface area contributed by atoms with Crippen molar-refractivity contribution in [2.45, 2.75) is 136 Å². The van der Waals surface area contributed by atoms with Crippen LogP contribution in [-0.4, -0.2) is 60.1 Å². The zero-order valence-corrected chi connectivity index (χ0v) is 31.0. The van der Waals surface area contributed by atoms with Crippen LogP contribution in [0.2, 0.25) is 0 Å². The lowest BCUT2D eigenvalue weighted by atomic mass is 9.87. The highest BCUT2D eigenvalue weighted by atomic mass is 16.6. The predicted molar refractivity (Wildman–Crippen MR) is 193 cm³/mol. The molecule has 0 saturated carbocycles. The maximum atomic E-state index is 13.8. The van der Waals surface area contributed by atoms with Gasteiger partial charge in [-0.3, -0.25) is 19.2 Å². The Hall–Kier alpha value is -4.13. The van der Waals surface area contributed by atoms with Crippen molar-refractivity contribution < 1.29 is 43.3 Å². The van der Waals surface area contributed by atoms with Crippen LogP contribution in [-0.2, 0) is 39.9 Å². The summed E-state index contributed by atoms with van der Waals surface area (Å²) in [6.45, 7) is 9.11. The van der Waals surface area contributed by atoms with Gasteiger partial charge in [-0.05, 0) is 71.1 Å². The molecule has 1 aromatic rings. The lowest BCUT2D eigenvalue weighted by Crippen LogP contribution is -2.48. The molecule has 278 valence electrons. The maximum Gasteiger partial charge on any atom is 0.328 e. The Morgan fingerprint density at radius 2 is 1.52 bits per heavy atom. The first-order chi connectivity index (χ1) is 23.8. The van der Waals surface area contributed by atoms with Crippen molar-refractivity contribution in [1.82, 2.24) is 5.32 Å². The molecule has 1 rings (SSSR count). The zero-order chi connectivity index (χ0) is 37.4. The van der Waals surface area contributed by atoms with E-state index >= 15 is 0 Å². The van der Waals surface area contributed by atoms with E-state index in [1.807, 2.05) is 0 Å². The topological polar surface area (TPSA) is 145 Å². The number of ether oxygens (including phenoxy) is 3. The highest BCUT2D eigenvalue weighted by Crippen LogP contribution is 2.25. The smallest absolute Gasteiger partial charge is 0.328 e. The van der Waals surface area contributed by atoms with Gasteiger partial charge in [0.05, 0.1) is 25.4 Å². The average molecular weight is 698 g/mol. The van der Waals surface area contributed by atoms with Crippen LogP contribution in [0.1, 0.15) is 124 Å². The first-order valence-electron chi connectivity index (χ1n) is 17.9. The summed E-state index contributed by atoms with van der Waals surface area (Å²) in [6.07, 6.45) is 13.6. The summed E-state index contributed by atoms with van der Waals surface area (Å²) >= 11 is 0. The van der Waals surface area contributed by atoms with Gasteiger partial charge >= 0.3 is 17.9 Å². The van der Waals surface area contributed by atoms with Crippen LogP contribution in [0.15, 0.2) is 36.4 Å². The Balaban J connectivity index is 3.01. The number of allylic oxidation sites excluding steroid dienone is 1. The van der Waals surface area contributed by atoms with Crippen LogP contribution in [0.3, 0.4) is 0 Å². The first-order valence-corrected chi connectivity index (χ1v) is 17.9. The lowest BCUT2D eigenvalue weighted by Gasteiger charge is -2.27. The summed E-state index contributed by atoms with van der Waals surface area (Å²) in [4.78, 5) is 63.9. The van der Waals surface area contributed by atoms with Gasteiger partial charge in [-0.1, -0.05) is 75.7 Å². The highest BCUT2D eigenvalue weighted by molar-refractivity contribution is 5.91. The summed E-state index contributed by atoms with van der Waals surface area (Å²) in [5, 5.41) is 12.4. The fourth-order valence-corrected chi connectivity index (χ4v) is 5.31. The molecule has 3 atom stereocenters. The van der Waals surface area contributed by atoms with E-state index in [0.29, 0.717) is 36.4 Å². The molecule has 0 aliphatic rings. The third kappa shape index (κ3) is 19.8. The van der Waals surface area contributed by atoms with E-state index in [1.165, 1.54) is 32.4 Å². The van der Waals surface area contributed by atoms with Crippen molar-refractivity contribution in [3.05, 3.63) is 42.0 Å². The fraction of sp³-hybridized carbons (Fsp3) is 0.625. The molecule has 0 aliphatic heterocycles. The van der Waals surface area contributed by atoms with Crippen molar-refractivity contribution in [3.8, 4) is 17.6 Å². The van der Waals surface area contributed by atoms with Crippen LogP contribution in [0.4, 0.5) is 0 Å². The number of unbranched alkanes of at least 4 members (excludes halogenated alkanes) is 8. The van der Waals surface area contributed by atoms with Gasteiger partial charge in [0, 0.05) is 19.3 Å². The number of esters is 2. The number of carboxylic acids is 1. The van der Waals surface area contributed by atoms with Crippen molar-refractivity contribution in [2.75, 3.05) is 13.7 Å². The van der Waals surface area contributed by atoms with E-state index in [-0.39, 0.29) is 13.0 Å². The van der Waals surface area contributed by atoms with Crippen molar-refractivity contribution in [1.29, 1.82) is 0 Å². The standard InChI is InChI=1S/C40H59NO9/c1-7-9-11-14-17-20-31(42)21-18-15-12-13-16-19-22-33(34(29-36(43)44)38(46)50-40(3,4)5)37(45)41-35(39(47)48-6)28-30-23-25-32(26-24-30)49-27-10-8-2/h19,22-26,33-35H,7,9,11-18,20-21,27-29H2,1-6H3,(H,41,45)(H,43,44)/t33-,34+,35-/m0/s1. The molecule has 0 spiro atoms. The number of hydrogen-bond acceptors (Lipinski definition) is 8. The molecule has 0 aromatic heterocycles. The number of amides is 1. The van der Waals surface area contributed by atoms with Crippen molar-refractivity contribution in [3.63, 3.8) is 0 Å². The molecule has 1 amide bonds. The largest absolute Gasteiger partial charge is 0.481 e. The van der Waals surface area contributed by atoms with Gasteiger partial charge in [-0.15, -0.1) is 5.92 Å². The van der Waals surface area contributed by atoms with Gasteiger partial charge in [0.15, 0.2) is 0 Å². The number of Topliss-reactive ketones (excluding diaryl/α,β-unsaturated/α-hetero) is 1. The van der Waals surface area contributed by atoms with Crippen LogP contribution in [0.25, 0.3) is 0 Å². The average Bonchev–Trinajstić information content (AvgIpc) is 3.06. The second-order valence-electron chi connectivity index (χ2n) is 13.5. The number of carbonyl (C=O) groups is 5. The monoisotopic (exact) mass is 697 g/mol. The van der Waals surface area contributed by atoms with Crippen LogP contribution >= 0.6 is 0 Å².